The topological polar surface area (TPSA) is 58.1 Å². The zero-order chi connectivity index (χ0) is 16.2. The van der Waals surface area contributed by atoms with Crippen molar-refractivity contribution in [1.82, 2.24) is 20.4 Å². The first-order valence-electron chi connectivity index (χ1n) is 8.01. The summed E-state index contributed by atoms with van der Waals surface area (Å²) in [5.74, 6) is 0.410. The van der Waals surface area contributed by atoms with Crippen molar-refractivity contribution in [3.05, 3.63) is 59.4 Å². The lowest BCUT2D eigenvalue weighted by molar-refractivity contribution is 0.195. The smallest absolute Gasteiger partial charge is 0.317 e. The van der Waals surface area contributed by atoms with Crippen molar-refractivity contribution in [3.8, 4) is 0 Å². The average molecular weight is 310 g/mol. The summed E-state index contributed by atoms with van der Waals surface area (Å²) in [4.78, 5) is 14.3. The molecular formula is C18H22N4O. The molecule has 0 aliphatic carbocycles. The summed E-state index contributed by atoms with van der Waals surface area (Å²) in [5.41, 5.74) is 3.34. The fraction of sp³-hybridized carbons (Fsp3) is 0.389. The number of carbonyl (C=O) groups excluding carboxylic acids is 1. The standard InChI is InChI=1S/C18H22N4O/c1-13-5-7-15(8-6-13)16-10-14(2)22(12-16)18(23)19-11-17-4-3-9-20-21-17/h3-9,14,16H,10-12H2,1-2H3,(H,19,23)/t14-,16+/m0/s1. The van der Waals surface area contributed by atoms with Gasteiger partial charge in [-0.05, 0) is 38.0 Å². The summed E-state index contributed by atoms with van der Waals surface area (Å²) < 4.78 is 0. The first-order valence-corrected chi connectivity index (χ1v) is 8.01. The first kappa shape index (κ1) is 15.5. The van der Waals surface area contributed by atoms with E-state index in [4.69, 9.17) is 0 Å². The molecule has 23 heavy (non-hydrogen) atoms. The molecule has 2 atom stereocenters. The summed E-state index contributed by atoms with van der Waals surface area (Å²) >= 11 is 0. The average Bonchev–Trinajstić information content (AvgIpc) is 2.96. The van der Waals surface area contributed by atoms with Gasteiger partial charge in [-0.1, -0.05) is 29.8 Å². The third-order valence-electron chi connectivity index (χ3n) is 4.43. The Morgan fingerprint density at radius 2 is 2.09 bits per heavy atom. The number of likely N-dealkylation sites (tertiary alicyclic amines) is 1. The van der Waals surface area contributed by atoms with Crippen LogP contribution in [0, 0.1) is 6.92 Å². The molecule has 1 fully saturated rings. The summed E-state index contributed by atoms with van der Waals surface area (Å²) in [6, 6.07) is 12.5. The van der Waals surface area contributed by atoms with Gasteiger partial charge in [0, 0.05) is 24.7 Å². The van der Waals surface area contributed by atoms with E-state index in [1.165, 1.54) is 11.1 Å². The summed E-state index contributed by atoms with van der Waals surface area (Å²) in [6.07, 6.45) is 2.63. The zero-order valence-electron chi connectivity index (χ0n) is 13.6. The van der Waals surface area contributed by atoms with Crippen molar-refractivity contribution in [2.45, 2.75) is 38.8 Å². The number of hydrogen-bond donors (Lipinski definition) is 1. The van der Waals surface area contributed by atoms with Gasteiger partial charge in [0.05, 0.1) is 12.2 Å². The molecule has 1 N–H and O–H groups in total. The molecule has 0 bridgehead atoms. The summed E-state index contributed by atoms with van der Waals surface area (Å²) in [7, 11) is 0. The summed E-state index contributed by atoms with van der Waals surface area (Å²) in [6.45, 7) is 5.37. The molecule has 0 spiro atoms. The fourth-order valence-electron chi connectivity index (χ4n) is 3.09. The third kappa shape index (κ3) is 3.67. The molecule has 3 rings (SSSR count). The van der Waals surface area contributed by atoms with Crippen LogP contribution in [-0.4, -0.2) is 33.7 Å². The highest BCUT2D eigenvalue weighted by Gasteiger charge is 2.33. The van der Waals surface area contributed by atoms with Crippen molar-refractivity contribution >= 4 is 6.03 Å². The van der Waals surface area contributed by atoms with Crippen molar-refractivity contribution in [3.63, 3.8) is 0 Å². The number of urea groups is 1. The van der Waals surface area contributed by atoms with Crippen LogP contribution in [0.2, 0.25) is 0 Å². The SMILES string of the molecule is Cc1ccc([C@@H]2C[C@H](C)N(C(=O)NCc3cccnn3)C2)cc1. The van der Waals surface area contributed by atoms with E-state index in [0.717, 1.165) is 18.7 Å². The Kier molecular flexibility index (Phi) is 4.55. The largest absolute Gasteiger partial charge is 0.332 e. The maximum absolute atomic E-state index is 12.4. The molecule has 0 saturated carbocycles. The van der Waals surface area contributed by atoms with Gasteiger partial charge >= 0.3 is 6.03 Å². The maximum Gasteiger partial charge on any atom is 0.317 e. The number of nitrogens with one attached hydrogen (secondary N) is 1. The van der Waals surface area contributed by atoms with E-state index in [9.17, 15) is 4.79 Å². The molecule has 1 aromatic carbocycles. The molecule has 120 valence electrons. The minimum atomic E-state index is -0.0298. The van der Waals surface area contributed by atoms with Crippen LogP contribution in [0.4, 0.5) is 4.79 Å². The van der Waals surface area contributed by atoms with Gasteiger partial charge in [-0.25, -0.2) is 4.79 Å². The van der Waals surface area contributed by atoms with Gasteiger partial charge in [0.15, 0.2) is 0 Å². The molecule has 1 saturated heterocycles. The number of rotatable bonds is 3. The number of aryl methyl sites for hydroxylation is 1. The van der Waals surface area contributed by atoms with Gasteiger partial charge in [0.25, 0.3) is 0 Å². The minimum Gasteiger partial charge on any atom is -0.332 e. The molecule has 0 radical (unpaired) electrons. The quantitative estimate of drug-likeness (QED) is 0.948. The van der Waals surface area contributed by atoms with Gasteiger partial charge in [-0.15, -0.1) is 0 Å². The molecule has 2 aromatic rings. The number of amides is 2. The van der Waals surface area contributed by atoms with E-state index in [1.54, 1.807) is 6.20 Å². The molecule has 5 nitrogen and oxygen atoms in total. The first-order chi connectivity index (χ1) is 11.1. The van der Waals surface area contributed by atoms with Gasteiger partial charge in [-0.2, -0.15) is 10.2 Å². The van der Waals surface area contributed by atoms with Crippen LogP contribution in [0.1, 0.15) is 36.1 Å². The van der Waals surface area contributed by atoms with Gasteiger partial charge in [0.1, 0.15) is 0 Å². The zero-order valence-corrected chi connectivity index (χ0v) is 13.6. The van der Waals surface area contributed by atoms with Crippen LogP contribution in [0.3, 0.4) is 0 Å². The Labute approximate surface area is 136 Å². The van der Waals surface area contributed by atoms with E-state index in [0.29, 0.717) is 12.5 Å². The van der Waals surface area contributed by atoms with Crippen LogP contribution < -0.4 is 5.32 Å². The maximum atomic E-state index is 12.4. The van der Waals surface area contributed by atoms with Crippen LogP contribution in [0.25, 0.3) is 0 Å². The van der Waals surface area contributed by atoms with Crippen LogP contribution in [0.15, 0.2) is 42.6 Å². The normalized spacial score (nSPS) is 20.5. The number of benzene rings is 1. The highest BCUT2D eigenvalue weighted by atomic mass is 16.2. The number of aromatic nitrogens is 2. The molecule has 2 heterocycles. The molecule has 1 aromatic heterocycles. The number of hydrogen-bond acceptors (Lipinski definition) is 3. The Bertz CT molecular complexity index is 656. The highest BCUT2D eigenvalue weighted by Crippen LogP contribution is 2.31. The fourth-order valence-corrected chi connectivity index (χ4v) is 3.09. The van der Waals surface area contributed by atoms with E-state index in [2.05, 4.69) is 53.6 Å². The van der Waals surface area contributed by atoms with Crippen molar-refractivity contribution in [1.29, 1.82) is 0 Å². The second-order valence-electron chi connectivity index (χ2n) is 6.22. The Balaban J connectivity index is 1.59. The van der Waals surface area contributed by atoms with Gasteiger partial charge in [-0.3, -0.25) is 0 Å². The van der Waals surface area contributed by atoms with E-state index in [-0.39, 0.29) is 12.1 Å². The van der Waals surface area contributed by atoms with Crippen LogP contribution >= 0.6 is 0 Å². The van der Waals surface area contributed by atoms with Crippen molar-refractivity contribution in [2.24, 2.45) is 0 Å². The van der Waals surface area contributed by atoms with Gasteiger partial charge in [0.2, 0.25) is 0 Å². The molecule has 1 aliphatic rings. The van der Waals surface area contributed by atoms with E-state index >= 15 is 0 Å². The minimum absolute atomic E-state index is 0.0298. The molecule has 0 unspecified atom stereocenters. The number of carbonyl (C=O) groups is 1. The van der Waals surface area contributed by atoms with Gasteiger partial charge < -0.3 is 10.2 Å². The Morgan fingerprint density at radius 3 is 2.78 bits per heavy atom. The predicted octanol–water partition coefficient (Wildman–Crippen LogP) is 2.87. The second kappa shape index (κ2) is 6.77. The molecule has 2 amide bonds. The van der Waals surface area contributed by atoms with Crippen LogP contribution in [0.5, 0.6) is 0 Å². The number of nitrogens with zero attached hydrogens (tertiary/aromatic N) is 3. The predicted molar refractivity (Wildman–Crippen MR) is 89.0 cm³/mol. The lowest BCUT2D eigenvalue weighted by Gasteiger charge is -2.21. The third-order valence-corrected chi connectivity index (χ3v) is 4.43. The van der Waals surface area contributed by atoms with E-state index in [1.807, 2.05) is 17.0 Å². The highest BCUT2D eigenvalue weighted by molar-refractivity contribution is 5.75. The summed E-state index contributed by atoms with van der Waals surface area (Å²) in [5, 5.41) is 10.7. The van der Waals surface area contributed by atoms with E-state index < -0.39 is 0 Å². The molecule has 1 aliphatic heterocycles. The Hall–Kier alpha value is -2.43. The van der Waals surface area contributed by atoms with Crippen LogP contribution in [-0.2, 0) is 6.54 Å². The second-order valence-corrected chi connectivity index (χ2v) is 6.22. The Morgan fingerprint density at radius 1 is 1.30 bits per heavy atom. The monoisotopic (exact) mass is 310 g/mol. The lowest BCUT2D eigenvalue weighted by atomic mass is 9.96. The lowest BCUT2D eigenvalue weighted by Crippen LogP contribution is -2.41. The molecular weight excluding hydrogens is 288 g/mol. The van der Waals surface area contributed by atoms with Crippen molar-refractivity contribution in [2.75, 3.05) is 6.54 Å². The van der Waals surface area contributed by atoms with Crippen molar-refractivity contribution < 1.29 is 4.79 Å². The molecule has 5 heteroatoms.